The minimum atomic E-state index is -0.0280. The van der Waals surface area contributed by atoms with Gasteiger partial charge in [0.25, 0.3) is 0 Å². The summed E-state index contributed by atoms with van der Waals surface area (Å²) < 4.78 is 0. The van der Waals surface area contributed by atoms with E-state index in [2.05, 4.69) is 27.3 Å². The predicted molar refractivity (Wildman–Crippen MR) is 93.5 cm³/mol. The Balaban J connectivity index is 1.45. The quantitative estimate of drug-likeness (QED) is 0.659. The number of fused-ring (bicyclic) bond motifs is 1. The number of nitrogens with zero attached hydrogens (tertiary/aromatic N) is 2. The smallest absolute Gasteiger partial charge is 0.241 e. The summed E-state index contributed by atoms with van der Waals surface area (Å²) in [4.78, 5) is 17.4. The van der Waals surface area contributed by atoms with Gasteiger partial charge < -0.3 is 9.88 Å². The lowest BCUT2D eigenvalue weighted by Crippen LogP contribution is -2.35. The number of carbonyl (C=O) groups is 1. The average molecular weight is 312 g/mol. The number of para-hydroxylation sites is 1. The van der Waals surface area contributed by atoms with Crippen LogP contribution in [0.4, 0.5) is 0 Å². The molecule has 2 aromatic rings. The van der Waals surface area contributed by atoms with Gasteiger partial charge in [0.05, 0.1) is 6.21 Å². The fraction of sp³-hybridized carbons (Fsp3) is 0.444. The van der Waals surface area contributed by atoms with Crippen LogP contribution in [-0.4, -0.2) is 41.6 Å². The number of hydrogen-bond donors (Lipinski definition) is 2. The van der Waals surface area contributed by atoms with Gasteiger partial charge >= 0.3 is 0 Å². The highest BCUT2D eigenvalue weighted by atomic mass is 16.2. The van der Waals surface area contributed by atoms with E-state index in [1.165, 1.54) is 12.8 Å². The van der Waals surface area contributed by atoms with Crippen LogP contribution in [0.3, 0.4) is 0 Å². The maximum atomic E-state index is 11.9. The number of aromatic amines is 1. The second kappa shape index (κ2) is 7.42. The van der Waals surface area contributed by atoms with Crippen molar-refractivity contribution in [2.75, 3.05) is 19.6 Å². The topological polar surface area (TPSA) is 60.5 Å². The monoisotopic (exact) mass is 312 g/mol. The molecule has 1 aliphatic rings. The van der Waals surface area contributed by atoms with Crippen molar-refractivity contribution in [3.8, 4) is 0 Å². The van der Waals surface area contributed by atoms with Crippen molar-refractivity contribution in [1.29, 1.82) is 0 Å². The molecule has 0 aliphatic carbocycles. The van der Waals surface area contributed by atoms with Crippen molar-refractivity contribution in [2.24, 2.45) is 11.0 Å². The first-order chi connectivity index (χ1) is 11.2. The number of amides is 1. The van der Waals surface area contributed by atoms with E-state index in [1.54, 1.807) is 6.21 Å². The summed E-state index contributed by atoms with van der Waals surface area (Å²) in [6.45, 7) is 5.32. The fourth-order valence-corrected chi connectivity index (χ4v) is 2.98. The number of piperidine rings is 1. The van der Waals surface area contributed by atoms with Crippen LogP contribution in [0.5, 0.6) is 0 Å². The lowest BCUT2D eigenvalue weighted by Gasteiger charge is -2.29. The molecule has 2 N–H and O–H groups in total. The first kappa shape index (κ1) is 15.7. The molecule has 0 atom stereocenters. The summed E-state index contributed by atoms with van der Waals surface area (Å²) >= 11 is 0. The van der Waals surface area contributed by atoms with E-state index in [0.717, 1.165) is 42.0 Å². The summed E-state index contributed by atoms with van der Waals surface area (Å²) in [7, 11) is 0. The number of H-pyrrole nitrogens is 1. The first-order valence-corrected chi connectivity index (χ1v) is 8.33. The van der Waals surface area contributed by atoms with Gasteiger partial charge in [-0.25, -0.2) is 5.43 Å². The van der Waals surface area contributed by atoms with Crippen LogP contribution < -0.4 is 5.43 Å². The highest BCUT2D eigenvalue weighted by Crippen LogP contribution is 2.16. The molecular formula is C18H24N4O. The van der Waals surface area contributed by atoms with E-state index in [-0.39, 0.29) is 5.91 Å². The summed E-state index contributed by atoms with van der Waals surface area (Å²) in [5, 5.41) is 5.18. The Hall–Kier alpha value is -2.14. The van der Waals surface area contributed by atoms with Crippen LogP contribution in [0.15, 0.2) is 35.6 Å². The molecular weight excluding hydrogens is 288 g/mol. The van der Waals surface area contributed by atoms with Gasteiger partial charge in [0, 0.05) is 35.6 Å². The number of hydrogen-bond acceptors (Lipinski definition) is 3. The average Bonchev–Trinajstić information content (AvgIpc) is 2.98. The van der Waals surface area contributed by atoms with E-state index < -0.39 is 0 Å². The van der Waals surface area contributed by atoms with Crippen LogP contribution >= 0.6 is 0 Å². The third kappa shape index (κ3) is 4.20. The third-order valence-electron chi connectivity index (χ3n) is 4.55. The van der Waals surface area contributed by atoms with Crippen LogP contribution in [-0.2, 0) is 4.79 Å². The molecule has 5 heteroatoms. The maximum Gasteiger partial charge on any atom is 0.241 e. The molecule has 0 bridgehead atoms. The Bertz CT molecular complexity index is 683. The highest BCUT2D eigenvalue weighted by Gasteiger charge is 2.15. The molecule has 0 spiro atoms. The zero-order chi connectivity index (χ0) is 16.1. The Kier molecular flexibility index (Phi) is 5.08. The van der Waals surface area contributed by atoms with E-state index in [9.17, 15) is 4.79 Å². The standard InChI is InChI=1S/C18H24N4O/c1-14-6-9-22(10-7-14)11-8-18(23)21-20-13-15-12-19-17-5-3-2-4-16(15)17/h2-5,12-14,19H,6-11H2,1H3,(H,21,23)/b20-13-. The Morgan fingerprint density at radius 2 is 2.17 bits per heavy atom. The van der Waals surface area contributed by atoms with Crippen LogP contribution in [0.2, 0.25) is 0 Å². The van der Waals surface area contributed by atoms with E-state index >= 15 is 0 Å². The molecule has 0 unspecified atom stereocenters. The van der Waals surface area contributed by atoms with Crippen molar-refractivity contribution >= 4 is 23.0 Å². The highest BCUT2D eigenvalue weighted by molar-refractivity contribution is 5.99. The molecule has 3 rings (SSSR count). The van der Waals surface area contributed by atoms with E-state index in [4.69, 9.17) is 0 Å². The number of likely N-dealkylation sites (tertiary alicyclic amines) is 1. The van der Waals surface area contributed by atoms with Crippen LogP contribution in [0.25, 0.3) is 10.9 Å². The number of rotatable bonds is 5. The van der Waals surface area contributed by atoms with Crippen molar-refractivity contribution < 1.29 is 4.79 Å². The lowest BCUT2D eigenvalue weighted by atomic mass is 9.99. The molecule has 2 heterocycles. The summed E-state index contributed by atoms with van der Waals surface area (Å²) in [6.07, 6.45) is 6.56. The third-order valence-corrected chi connectivity index (χ3v) is 4.55. The van der Waals surface area contributed by atoms with Gasteiger partial charge in [0.2, 0.25) is 5.91 Å². The summed E-state index contributed by atoms with van der Waals surface area (Å²) in [5.41, 5.74) is 4.67. The minimum absolute atomic E-state index is 0.0280. The predicted octanol–water partition coefficient (Wildman–Crippen LogP) is 2.74. The van der Waals surface area contributed by atoms with Crippen LogP contribution in [0, 0.1) is 5.92 Å². The molecule has 1 aromatic carbocycles. The number of carbonyl (C=O) groups excluding carboxylic acids is 1. The normalized spacial score (nSPS) is 17.1. The van der Waals surface area contributed by atoms with Crippen molar-refractivity contribution in [3.05, 3.63) is 36.0 Å². The van der Waals surface area contributed by atoms with Gasteiger partial charge in [0.1, 0.15) is 0 Å². The molecule has 122 valence electrons. The van der Waals surface area contributed by atoms with Gasteiger partial charge in [-0.3, -0.25) is 4.79 Å². The Morgan fingerprint density at radius 3 is 3.00 bits per heavy atom. The fourth-order valence-electron chi connectivity index (χ4n) is 2.98. The van der Waals surface area contributed by atoms with Gasteiger partial charge in [-0.05, 0) is 37.9 Å². The molecule has 1 saturated heterocycles. The van der Waals surface area contributed by atoms with Gasteiger partial charge in [0.15, 0.2) is 0 Å². The lowest BCUT2D eigenvalue weighted by molar-refractivity contribution is -0.121. The minimum Gasteiger partial charge on any atom is -0.361 e. The number of nitrogens with one attached hydrogen (secondary N) is 2. The van der Waals surface area contributed by atoms with Crippen LogP contribution in [0.1, 0.15) is 31.7 Å². The second-order valence-corrected chi connectivity index (χ2v) is 6.36. The zero-order valence-electron chi connectivity index (χ0n) is 13.6. The molecule has 23 heavy (non-hydrogen) atoms. The summed E-state index contributed by atoms with van der Waals surface area (Å²) in [6, 6.07) is 8.03. The van der Waals surface area contributed by atoms with Gasteiger partial charge in [-0.15, -0.1) is 0 Å². The zero-order valence-corrected chi connectivity index (χ0v) is 13.6. The van der Waals surface area contributed by atoms with E-state index in [0.29, 0.717) is 6.42 Å². The van der Waals surface area contributed by atoms with Crippen molar-refractivity contribution in [1.82, 2.24) is 15.3 Å². The molecule has 0 radical (unpaired) electrons. The molecule has 1 aliphatic heterocycles. The first-order valence-electron chi connectivity index (χ1n) is 8.33. The SMILES string of the molecule is CC1CCN(CCC(=O)N/N=C\c2c[nH]c3ccccc23)CC1. The number of hydrazone groups is 1. The van der Waals surface area contributed by atoms with E-state index in [1.807, 2.05) is 30.5 Å². The molecule has 5 nitrogen and oxygen atoms in total. The Morgan fingerprint density at radius 1 is 1.39 bits per heavy atom. The maximum absolute atomic E-state index is 11.9. The number of benzene rings is 1. The Labute approximate surface area is 136 Å². The summed E-state index contributed by atoms with van der Waals surface area (Å²) in [5.74, 6) is 0.792. The molecule has 1 amide bonds. The second-order valence-electron chi connectivity index (χ2n) is 6.36. The molecule has 1 aromatic heterocycles. The molecule has 1 fully saturated rings. The van der Waals surface area contributed by atoms with Crippen molar-refractivity contribution in [3.63, 3.8) is 0 Å². The largest absolute Gasteiger partial charge is 0.361 e. The van der Waals surface area contributed by atoms with Gasteiger partial charge in [-0.2, -0.15) is 5.10 Å². The van der Waals surface area contributed by atoms with Gasteiger partial charge in [-0.1, -0.05) is 25.1 Å². The van der Waals surface area contributed by atoms with Crippen molar-refractivity contribution in [2.45, 2.75) is 26.2 Å². The number of aromatic nitrogens is 1. The molecule has 0 saturated carbocycles.